The molecule has 4 heteroatoms. The zero-order chi connectivity index (χ0) is 8.10. The first-order chi connectivity index (χ1) is 5.38. The van der Waals surface area contributed by atoms with Crippen molar-refractivity contribution in [2.75, 3.05) is 6.61 Å². The molecule has 11 heavy (non-hydrogen) atoms. The molecule has 0 radical (unpaired) electrons. The number of aliphatic hydroxyl groups excluding tert-OH is 1. The van der Waals surface area contributed by atoms with Crippen LogP contribution in [0.1, 0.15) is 5.82 Å². The summed E-state index contributed by atoms with van der Waals surface area (Å²) in [5.41, 5.74) is 0. The van der Waals surface area contributed by atoms with Crippen LogP contribution in [0.2, 0.25) is 0 Å². The lowest BCUT2D eigenvalue weighted by Crippen LogP contribution is -2.05. The molecule has 0 aliphatic rings. The summed E-state index contributed by atoms with van der Waals surface area (Å²) >= 11 is 0. The van der Waals surface area contributed by atoms with Gasteiger partial charge in [-0.3, -0.25) is 0 Å². The third-order valence-corrected chi connectivity index (χ3v) is 1.38. The third kappa shape index (κ3) is 1.79. The van der Waals surface area contributed by atoms with Crippen LogP contribution >= 0.6 is 0 Å². The molecule has 0 aromatic carbocycles. The maximum Gasteiger partial charge on any atom is 0.122 e. The minimum absolute atomic E-state index is 0.0782. The molecule has 1 N–H and O–H groups in total. The molecule has 4 nitrogen and oxygen atoms in total. The van der Waals surface area contributed by atoms with Crippen molar-refractivity contribution in [1.29, 1.82) is 5.26 Å². The van der Waals surface area contributed by atoms with Crippen molar-refractivity contribution in [2.45, 2.75) is 13.0 Å². The minimum Gasteiger partial charge on any atom is -0.395 e. The van der Waals surface area contributed by atoms with E-state index in [1.165, 1.54) is 0 Å². The summed E-state index contributed by atoms with van der Waals surface area (Å²) in [6.07, 6.45) is 3.68. The van der Waals surface area contributed by atoms with Crippen molar-refractivity contribution in [2.24, 2.45) is 0 Å². The Labute approximate surface area is 64.7 Å². The molecule has 58 valence electrons. The molecule has 0 fully saturated rings. The monoisotopic (exact) mass is 151 g/mol. The zero-order valence-corrected chi connectivity index (χ0v) is 6.06. The quantitative estimate of drug-likeness (QED) is 0.658. The fraction of sp³-hybridized carbons (Fsp3) is 0.429. The highest BCUT2D eigenvalue weighted by Crippen LogP contribution is 1.96. The predicted molar refractivity (Wildman–Crippen MR) is 38.6 cm³/mol. The number of aromatic nitrogens is 2. The van der Waals surface area contributed by atoms with E-state index < -0.39 is 0 Å². The summed E-state index contributed by atoms with van der Waals surface area (Å²) in [7, 11) is 0. The summed E-state index contributed by atoms with van der Waals surface area (Å²) in [4.78, 5) is 3.95. The molecule has 0 atom stereocenters. The molecule has 0 aliphatic carbocycles. The molecule has 1 rings (SSSR count). The Morgan fingerprint density at radius 3 is 3.18 bits per heavy atom. The van der Waals surface area contributed by atoms with Crippen molar-refractivity contribution < 1.29 is 5.11 Å². The summed E-state index contributed by atoms with van der Waals surface area (Å²) in [5, 5.41) is 17.0. The number of nitrogens with zero attached hydrogens (tertiary/aromatic N) is 3. The summed E-state index contributed by atoms with van der Waals surface area (Å²) in [6.45, 7) is 0.589. The van der Waals surface area contributed by atoms with E-state index in [2.05, 4.69) is 4.98 Å². The number of hydrogen-bond acceptors (Lipinski definition) is 3. The minimum atomic E-state index is 0.0782. The molecule has 0 aliphatic heterocycles. The molecular weight excluding hydrogens is 142 g/mol. The van der Waals surface area contributed by atoms with E-state index in [1.54, 1.807) is 17.0 Å². The average molecular weight is 151 g/mol. The fourth-order valence-electron chi connectivity index (χ4n) is 0.889. The Morgan fingerprint density at radius 1 is 1.73 bits per heavy atom. The first kappa shape index (κ1) is 7.76. The fourth-order valence-corrected chi connectivity index (χ4v) is 0.889. The highest BCUT2D eigenvalue weighted by molar-refractivity contribution is 4.98. The van der Waals surface area contributed by atoms with Gasteiger partial charge in [0.05, 0.1) is 19.1 Å². The van der Waals surface area contributed by atoms with Crippen LogP contribution in [0.15, 0.2) is 12.4 Å². The Hall–Kier alpha value is -1.34. The molecule has 0 saturated heterocycles. The molecule has 0 saturated carbocycles. The van der Waals surface area contributed by atoms with Crippen LogP contribution in [0, 0.1) is 11.3 Å². The van der Waals surface area contributed by atoms with Crippen LogP contribution < -0.4 is 0 Å². The highest BCUT2D eigenvalue weighted by atomic mass is 16.3. The van der Waals surface area contributed by atoms with Crippen molar-refractivity contribution in [3.05, 3.63) is 18.2 Å². The lowest BCUT2D eigenvalue weighted by atomic mass is 10.4. The predicted octanol–water partition coefficient (Wildman–Crippen LogP) is -0.0585. The van der Waals surface area contributed by atoms with Gasteiger partial charge >= 0.3 is 0 Å². The SMILES string of the molecule is N#CCc1nccn1CCO. The Bertz CT molecular complexity index is 261. The second-order valence-corrected chi connectivity index (χ2v) is 2.10. The molecule has 1 heterocycles. The third-order valence-electron chi connectivity index (χ3n) is 1.38. The molecule has 0 spiro atoms. The van der Waals surface area contributed by atoms with Crippen LogP contribution in [0.5, 0.6) is 0 Å². The molecule has 0 amide bonds. The highest BCUT2D eigenvalue weighted by Gasteiger charge is 1.99. The Kier molecular flexibility index (Phi) is 2.64. The van der Waals surface area contributed by atoms with E-state index in [0.29, 0.717) is 18.8 Å². The van der Waals surface area contributed by atoms with Gasteiger partial charge in [0.2, 0.25) is 0 Å². The second kappa shape index (κ2) is 3.74. The van der Waals surface area contributed by atoms with Crippen LogP contribution in [-0.4, -0.2) is 21.3 Å². The number of aliphatic hydroxyl groups is 1. The first-order valence-corrected chi connectivity index (χ1v) is 3.36. The van der Waals surface area contributed by atoms with Gasteiger partial charge in [0.15, 0.2) is 0 Å². The van der Waals surface area contributed by atoms with Gasteiger partial charge in [-0.2, -0.15) is 5.26 Å². The topological polar surface area (TPSA) is 61.8 Å². The largest absolute Gasteiger partial charge is 0.395 e. The first-order valence-electron chi connectivity index (χ1n) is 3.36. The normalized spacial score (nSPS) is 9.45. The van der Waals surface area contributed by atoms with E-state index in [1.807, 2.05) is 6.07 Å². The standard InChI is InChI=1S/C7H9N3O/c8-2-1-7-9-3-4-10(7)5-6-11/h3-4,11H,1,5-6H2. The number of nitriles is 1. The maximum atomic E-state index is 8.60. The average Bonchev–Trinajstić information content (AvgIpc) is 2.39. The van der Waals surface area contributed by atoms with Crippen molar-refractivity contribution >= 4 is 0 Å². The van der Waals surface area contributed by atoms with Gasteiger partial charge in [0.1, 0.15) is 5.82 Å². The summed E-state index contributed by atoms with van der Waals surface area (Å²) in [5.74, 6) is 0.710. The molecule has 1 aromatic rings. The maximum absolute atomic E-state index is 8.60. The Balaban J connectivity index is 2.71. The van der Waals surface area contributed by atoms with Crippen LogP contribution in [0.25, 0.3) is 0 Å². The number of hydrogen-bond donors (Lipinski definition) is 1. The second-order valence-electron chi connectivity index (χ2n) is 2.10. The summed E-state index contributed by atoms with van der Waals surface area (Å²) in [6, 6.07) is 2.00. The van der Waals surface area contributed by atoms with Gasteiger partial charge in [0, 0.05) is 18.9 Å². The molecule has 1 aromatic heterocycles. The lowest BCUT2D eigenvalue weighted by molar-refractivity contribution is 0.274. The molecule has 0 unspecified atom stereocenters. The number of imidazole rings is 1. The van der Waals surface area contributed by atoms with E-state index in [0.717, 1.165) is 0 Å². The van der Waals surface area contributed by atoms with Gasteiger partial charge in [-0.15, -0.1) is 0 Å². The van der Waals surface area contributed by atoms with Gasteiger partial charge in [-0.1, -0.05) is 0 Å². The van der Waals surface area contributed by atoms with Gasteiger partial charge in [-0.25, -0.2) is 4.98 Å². The van der Waals surface area contributed by atoms with E-state index in [4.69, 9.17) is 10.4 Å². The van der Waals surface area contributed by atoms with Crippen molar-refractivity contribution in [3.8, 4) is 6.07 Å². The van der Waals surface area contributed by atoms with Crippen LogP contribution in [0.4, 0.5) is 0 Å². The zero-order valence-electron chi connectivity index (χ0n) is 6.06. The lowest BCUT2D eigenvalue weighted by Gasteiger charge is -2.00. The van der Waals surface area contributed by atoms with Gasteiger partial charge in [-0.05, 0) is 0 Å². The van der Waals surface area contributed by atoms with Crippen molar-refractivity contribution in [3.63, 3.8) is 0 Å². The van der Waals surface area contributed by atoms with Crippen LogP contribution in [0.3, 0.4) is 0 Å². The van der Waals surface area contributed by atoms with Gasteiger partial charge < -0.3 is 9.67 Å². The van der Waals surface area contributed by atoms with Gasteiger partial charge in [0.25, 0.3) is 0 Å². The van der Waals surface area contributed by atoms with E-state index in [9.17, 15) is 0 Å². The van der Waals surface area contributed by atoms with E-state index in [-0.39, 0.29) is 6.61 Å². The molecular formula is C7H9N3O. The summed E-state index contributed by atoms with van der Waals surface area (Å²) < 4.78 is 1.77. The van der Waals surface area contributed by atoms with Crippen LogP contribution in [-0.2, 0) is 13.0 Å². The van der Waals surface area contributed by atoms with Crippen molar-refractivity contribution in [1.82, 2.24) is 9.55 Å². The number of rotatable bonds is 3. The smallest absolute Gasteiger partial charge is 0.122 e. The Morgan fingerprint density at radius 2 is 2.55 bits per heavy atom. The van der Waals surface area contributed by atoms with E-state index >= 15 is 0 Å². The molecule has 0 bridgehead atoms.